The van der Waals surface area contributed by atoms with Gasteiger partial charge in [-0.25, -0.2) is 0 Å². The molecule has 3 heterocycles. The van der Waals surface area contributed by atoms with E-state index in [1.165, 1.54) is 81.9 Å². The maximum absolute atomic E-state index is 2.47. The van der Waals surface area contributed by atoms with Crippen molar-refractivity contribution >= 4 is 76.2 Å². The number of benzene rings is 8. The summed E-state index contributed by atoms with van der Waals surface area (Å²) in [7, 11) is 0. The summed E-state index contributed by atoms with van der Waals surface area (Å²) in [5.74, 6) is 0. The van der Waals surface area contributed by atoms with Crippen molar-refractivity contribution in [2.45, 2.75) is 0 Å². The Morgan fingerprint density at radius 3 is 1.27 bits per heavy atom. The van der Waals surface area contributed by atoms with Crippen molar-refractivity contribution in [3.63, 3.8) is 0 Å². The molecule has 49 heavy (non-hydrogen) atoms. The van der Waals surface area contributed by atoms with Crippen LogP contribution in [0.2, 0.25) is 0 Å². The van der Waals surface area contributed by atoms with Crippen LogP contribution in [0, 0.1) is 0 Å². The summed E-state index contributed by atoms with van der Waals surface area (Å²) < 4.78 is 7.35. The lowest BCUT2D eigenvalue weighted by molar-refractivity contribution is 1.17. The molecule has 0 N–H and O–H groups in total. The Hall–Kier alpha value is -6.58. The van der Waals surface area contributed by atoms with Crippen LogP contribution in [-0.4, -0.2) is 13.7 Å². The number of aromatic nitrogens is 3. The van der Waals surface area contributed by atoms with Gasteiger partial charge in [-0.2, -0.15) is 0 Å². The number of hydrogen-bond acceptors (Lipinski definition) is 0. The van der Waals surface area contributed by atoms with Crippen molar-refractivity contribution in [1.82, 2.24) is 13.7 Å². The van der Waals surface area contributed by atoms with Crippen LogP contribution < -0.4 is 0 Å². The summed E-state index contributed by atoms with van der Waals surface area (Å²) in [5, 5.41) is 9.99. The Morgan fingerprint density at radius 2 is 0.694 bits per heavy atom. The van der Waals surface area contributed by atoms with Gasteiger partial charge in [-0.3, -0.25) is 0 Å². The minimum Gasteiger partial charge on any atom is -0.309 e. The van der Waals surface area contributed by atoms with Gasteiger partial charge in [-0.1, -0.05) is 115 Å². The quantitative estimate of drug-likeness (QED) is 0.186. The third kappa shape index (κ3) is 3.62. The third-order valence-electron chi connectivity index (χ3n) is 10.4. The molecule has 3 heteroatoms. The lowest BCUT2D eigenvalue weighted by Crippen LogP contribution is -1.98. The van der Waals surface area contributed by atoms with Crippen LogP contribution in [0.15, 0.2) is 176 Å². The van der Waals surface area contributed by atoms with Gasteiger partial charge >= 0.3 is 0 Å². The third-order valence-corrected chi connectivity index (χ3v) is 10.4. The predicted molar refractivity (Wildman–Crippen MR) is 207 cm³/mol. The summed E-state index contributed by atoms with van der Waals surface area (Å²) >= 11 is 0. The topological polar surface area (TPSA) is 14.8 Å². The Bertz CT molecular complexity index is 2990. The van der Waals surface area contributed by atoms with Crippen LogP contribution in [-0.2, 0) is 0 Å². The second kappa shape index (κ2) is 9.96. The van der Waals surface area contributed by atoms with E-state index in [1.54, 1.807) is 0 Å². The van der Waals surface area contributed by atoms with E-state index in [1.807, 2.05) is 0 Å². The molecular formula is C46H29N3. The van der Waals surface area contributed by atoms with Crippen molar-refractivity contribution in [1.29, 1.82) is 0 Å². The standard InChI is InChI=1S/C46H29N3/c1-2-14-30(15-3-1)48-44-27-26-31(47-40-22-10-6-16-32(40)33-17-7-11-23-41(33)47)28-38(44)39-29-45(36-20-4-5-21-37(36)46(39)48)49-42-24-12-8-18-34(42)35-19-9-13-25-43(35)49/h1-29H. The second-order valence-corrected chi connectivity index (χ2v) is 12.9. The summed E-state index contributed by atoms with van der Waals surface area (Å²) in [4.78, 5) is 0. The van der Waals surface area contributed by atoms with E-state index in [0.717, 1.165) is 11.4 Å². The molecule has 3 nitrogen and oxygen atoms in total. The summed E-state index contributed by atoms with van der Waals surface area (Å²) in [6.07, 6.45) is 0. The van der Waals surface area contributed by atoms with Crippen LogP contribution in [0.1, 0.15) is 0 Å². The lowest BCUT2D eigenvalue weighted by Gasteiger charge is -2.15. The molecule has 0 unspecified atom stereocenters. The van der Waals surface area contributed by atoms with Gasteiger partial charge in [0.05, 0.1) is 38.8 Å². The Labute approximate surface area is 282 Å². The molecule has 0 saturated heterocycles. The maximum Gasteiger partial charge on any atom is 0.0621 e. The predicted octanol–water partition coefficient (Wildman–Crippen LogP) is 12.1. The molecular weight excluding hydrogens is 595 g/mol. The van der Waals surface area contributed by atoms with Crippen molar-refractivity contribution in [3.8, 4) is 17.1 Å². The van der Waals surface area contributed by atoms with Crippen molar-refractivity contribution in [3.05, 3.63) is 176 Å². The smallest absolute Gasteiger partial charge is 0.0621 e. The molecule has 0 amide bonds. The van der Waals surface area contributed by atoms with Crippen LogP contribution in [0.3, 0.4) is 0 Å². The first-order chi connectivity index (χ1) is 24.3. The minimum absolute atomic E-state index is 1.15. The van der Waals surface area contributed by atoms with Crippen molar-refractivity contribution in [2.24, 2.45) is 0 Å². The van der Waals surface area contributed by atoms with Crippen LogP contribution in [0.4, 0.5) is 0 Å². The Morgan fingerprint density at radius 1 is 0.245 bits per heavy atom. The van der Waals surface area contributed by atoms with Gasteiger partial charge in [0.15, 0.2) is 0 Å². The highest BCUT2D eigenvalue weighted by molar-refractivity contribution is 6.22. The molecule has 11 rings (SSSR count). The fourth-order valence-electron chi connectivity index (χ4n) is 8.39. The lowest BCUT2D eigenvalue weighted by atomic mass is 10.0. The van der Waals surface area contributed by atoms with E-state index in [2.05, 4.69) is 190 Å². The molecule has 0 spiro atoms. The zero-order valence-electron chi connectivity index (χ0n) is 26.6. The maximum atomic E-state index is 2.47. The van der Waals surface area contributed by atoms with Crippen LogP contribution >= 0.6 is 0 Å². The van der Waals surface area contributed by atoms with E-state index in [0.29, 0.717) is 0 Å². The fourth-order valence-corrected chi connectivity index (χ4v) is 8.39. The number of hydrogen-bond donors (Lipinski definition) is 0. The van der Waals surface area contributed by atoms with Gasteiger partial charge < -0.3 is 13.7 Å². The van der Waals surface area contributed by atoms with E-state index >= 15 is 0 Å². The average molecular weight is 624 g/mol. The molecule has 228 valence electrons. The molecule has 11 aromatic rings. The molecule has 8 aromatic carbocycles. The number of para-hydroxylation sites is 5. The minimum atomic E-state index is 1.15. The van der Waals surface area contributed by atoms with E-state index in [9.17, 15) is 0 Å². The molecule has 0 aliphatic carbocycles. The van der Waals surface area contributed by atoms with Gasteiger partial charge in [0.1, 0.15) is 0 Å². The molecule has 3 aromatic heterocycles. The van der Waals surface area contributed by atoms with Gasteiger partial charge in [0.2, 0.25) is 0 Å². The monoisotopic (exact) mass is 623 g/mol. The first-order valence-electron chi connectivity index (χ1n) is 16.9. The van der Waals surface area contributed by atoms with Gasteiger partial charge in [-0.05, 0) is 60.7 Å². The molecule has 0 aliphatic rings. The fraction of sp³-hybridized carbons (Fsp3) is 0. The average Bonchev–Trinajstić information content (AvgIpc) is 3.80. The molecule has 0 fully saturated rings. The highest BCUT2D eigenvalue weighted by Gasteiger charge is 2.21. The van der Waals surface area contributed by atoms with Crippen LogP contribution in [0.25, 0.3) is 93.3 Å². The summed E-state index contributed by atoms with van der Waals surface area (Å²) in [5.41, 5.74) is 10.8. The van der Waals surface area contributed by atoms with Crippen molar-refractivity contribution < 1.29 is 0 Å². The zero-order chi connectivity index (χ0) is 32.1. The molecule has 0 bridgehead atoms. The molecule has 0 saturated carbocycles. The molecule has 0 radical (unpaired) electrons. The van der Waals surface area contributed by atoms with E-state index in [4.69, 9.17) is 0 Å². The Balaban J connectivity index is 1.32. The van der Waals surface area contributed by atoms with Gasteiger partial charge in [-0.15, -0.1) is 0 Å². The van der Waals surface area contributed by atoms with E-state index in [-0.39, 0.29) is 0 Å². The zero-order valence-corrected chi connectivity index (χ0v) is 26.6. The second-order valence-electron chi connectivity index (χ2n) is 12.9. The van der Waals surface area contributed by atoms with E-state index < -0.39 is 0 Å². The number of nitrogens with zero attached hydrogens (tertiary/aromatic N) is 3. The first kappa shape index (κ1) is 26.5. The molecule has 0 atom stereocenters. The highest BCUT2D eigenvalue weighted by Crippen LogP contribution is 2.43. The number of rotatable bonds is 3. The highest BCUT2D eigenvalue weighted by atomic mass is 15.0. The number of fused-ring (bicyclic) bond motifs is 11. The van der Waals surface area contributed by atoms with Crippen LogP contribution in [0.5, 0.6) is 0 Å². The summed E-state index contributed by atoms with van der Waals surface area (Å²) in [6, 6.07) is 64.2. The van der Waals surface area contributed by atoms with Crippen molar-refractivity contribution in [2.75, 3.05) is 0 Å². The molecule has 0 aliphatic heterocycles. The largest absolute Gasteiger partial charge is 0.309 e. The van der Waals surface area contributed by atoms with Gasteiger partial charge in [0, 0.05) is 54.5 Å². The Kier molecular flexibility index (Phi) is 5.38. The summed E-state index contributed by atoms with van der Waals surface area (Å²) in [6.45, 7) is 0. The first-order valence-corrected chi connectivity index (χ1v) is 16.9. The SMILES string of the molecule is c1ccc(-n2c3ccc(-n4c5ccccc5c5ccccc54)cc3c3cc(-n4c5ccccc5c5ccccc54)c4ccccc4c32)cc1. The normalized spacial score (nSPS) is 12.1. The van der Waals surface area contributed by atoms with Gasteiger partial charge in [0.25, 0.3) is 0 Å².